The van der Waals surface area contributed by atoms with Crippen LogP contribution in [0.3, 0.4) is 0 Å². The minimum atomic E-state index is -0.399. The van der Waals surface area contributed by atoms with Crippen molar-refractivity contribution in [2.45, 2.75) is 25.2 Å². The molecule has 2 atom stereocenters. The first-order valence-corrected chi connectivity index (χ1v) is 8.42. The van der Waals surface area contributed by atoms with E-state index < -0.39 is 5.92 Å². The summed E-state index contributed by atoms with van der Waals surface area (Å²) < 4.78 is 13.9. The van der Waals surface area contributed by atoms with Gasteiger partial charge in [-0.3, -0.25) is 14.6 Å². The topological polar surface area (TPSA) is 58.5 Å². The average Bonchev–Trinajstić information content (AvgIpc) is 2.90. The van der Waals surface area contributed by atoms with E-state index in [0.29, 0.717) is 23.0 Å². The Labute approximate surface area is 141 Å². The lowest BCUT2D eigenvalue weighted by molar-refractivity contribution is -0.122. The number of Topliss-reactive ketones (excluding diaryl/α,β-unsaturated/α-hetero) is 1. The number of carbonyl (C=O) groups excluding carboxylic acids is 2. The smallest absolute Gasteiger partial charge is 0.250 e. The molecule has 0 bridgehead atoms. The van der Waals surface area contributed by atoms with Crippen molar-refractivity contribution in [3.63, 3.8) is 0 Å². The Kier molecular flexibility index (Phi) is 3.44. The van der Waals surface area contributed by atoms with Gasteiger partial charge in [0, 0.05) is 23.6 Å². The number of nitrogens with zero attached hydrogens (tertiary/aromatic N) is 1. The van der Waals surface area contributed by atoms with Crippen molar-refractivity contribution in [1.82, 2.24) is 5.32 Å². The summed E-state index contributed by atoms with van der Waals surface area (Å²) in [5, 5.41) is 2.79. The van der Waals surface area contributed by atoms with E-state index in [9.17, 15) is 14.0 Å². The fourth-order valence-corrected chi connectivity index (χ4v) is 4.15. The number of carbonyl (C=O) groups is 2. The largest absolute Gasteiger partial charge is 0.347 e. The molecule has 23 heavy (non-hydrogen) atoms. The van der Waals surface area contributed by atoms with E-state index in [2.05, 4.69) is 26.2 Å². The zero-order valence-corrected chi connectivity index (χ0v) is 13.8. The van der Waals surface area contributed by atoms with E-state index in [1.807, 2.05) is 0 Å². The van der Waals surface area contributed by atoms with Crippen molar-refractivity contribution in [2.24, 2.45) is 10.9 Å². The van der Waals surface area contributed by atoms with Gasteiger partial charge in [-0.1, -0.05) is 6.07 Å². The van der Waals surface area contributed by atoms with E-state index in [1.165, 1.54) is 6.07 Å². The van der Waals surface area contributed by atoms with Crippen LogP contribution in [0.15, 0.2) is 38.9 Å². The Balaban J connectivity index is 1.89. The molecule has 1 aliphatic carbocycles. The maximum atomic E-state index is 13.6. The van der Waals surface area contributed by atoms with E-state index in [1.54, 1.807) is 12.1 Å². The van der Waals surface area contributed by atoms with Crippen molar-refractivity contribution in [1.29, 1.82) is 0 Å². The molecule has 0 aromatic heterocycles. The van der Waals surface area contributed by atoms with Crippen LogP contribution in [-0.4, -0.2) is 23.9 Å². The van der Waals surface area contributed by atoms with Crippen molar-refractivity contribution >= 4 is 33.3 Å². The van der Waals surface area contributed by atoms with Gasteiger partial charge in [0.15, 0.2) is 0 Å². The fourth-order valence-electron chi connectivity index (χ4n) is 3.76. The monoisotopic (exact) mass is 376 g/mol. The third kappa shape index (κ3) is 2.27. The molecule has 3 aliphatic rings. The quantitative estimate of drug-likeness (QED) is 0.818. The van der Waals surface area contributed by atoms with E-state index in [4.69, 9.17) is 0 Å². The predicted octanol–water partition coefficient (Wildman–Crippen LogP) is 2.88. The van der Waals surface area contributed by atoms with Gasteiger partial charge in [0.2, 0.25) is 5.91 Å². The molecule has 0 saturated heterocycles. The molecule has 6 heteroatoms. The number of ketones is 1. The molecule has 1 N–H and O–H groups in total. The van der Waals surface area contributed by atoms with Crippen LogP contribution in [-0.2, 0) is 9.59 Å². The molecular weight excluding hydrogens is 363 g/mol. The molecule has 118 valence electrons. The lowest BCUT2D eigenvalue weighted by Gasteiger charge is -2.34. The van der Waals surface area contributed by atoms with Crippen molar-refractivity contribution in [2.75, 3.05) is 6.54 Å². The lowest BCUT2D eigenvalue weighted by Crippen LogP contribution is -2.38. The van der Waals surface area contributed by atoms with Gasteiger partial charge < -0.3 is 5.32 Å². The van der Waals surface area contributed by atoms with Crippen LogP contribution in [0.5, 0.6) is 0 Å². The number of benzene rings is 1. The number of hydrogen-bond acceptors (Lipinski definition) is 3. The number of hydrogen-bond donors (Lipinski definition) is 1. The molecule has 1 fully saturated rings. The van der Waals surface area contributed by atoms with E-state index in [0.717, 1.165) is 29.8 Å². The minimum absolute atomic E-state index is 0.117. The zero-order chi connectivity index (χ0) is 16.1. The number of amides is 1. The average molecular weight is 377 g/mol. The van der Waals surface area contributed by atoms with Crippen LogP contribution in [0.1, 0.15) is 30.7 Å². The highest BCUT2D eigenvalue weighted by Gasteiger charge is 2.45. The summed E-state index contributed by atoms with van der Waals surface area (Å²) in [6, 6.07) is 4.69. The number of aliphatic imine (C=N–C) groups is 1. The Bertz CT molecular complexity index is 800. The summed E-state index contributed by atoms with van der Waals surface area (Å²) in [5.74, 6) is -1.19. The molecular formula is C17H14BrFN2O2. The first kappa shape index (κ1) is 14.8. The van der Waals surface area contributed by atoms with Crippen molar-refractivity contribution in [3.05, 3.63) is 45.3 Å². The standard InChI is InChI=1S/C17H14BrFN2O2/c18-9-6-8(4-5-10(9)19)14-15-11(2-1-3-13(15)22)21-12-7-20-17(23)16(12)14/h4-6,14-15H,1-3,7H2,(H,20,23)/t14-,15?/m0/s1. The molecule has 0 radical (unpaired) electrons. The summed E-state index contributed by atoms with van der Waals surface area (Å²) >= 11 is 3.20. The lowest BCUT2D eigenvalue weighted by atomic mass is 9.70. The highest BCUT2D eigenvalue weighted by atomic mass is 79.9. The molecule has 4 rings (SSSR count). The van der Waals surface area contributed by atoms with Crippen LogP contribution < -0.4 is 5.32 Å². The summed E-state index contributed by atoms with van der Waals surface area (Å²) in [6.07, 6.45) is 2.09. The van der Waals surface area contributed by atoms with Crippen LogP contribution >= 0.6 is 15.9 Å². The van der Waals surface area contributed by atoms with Gasteiger partial charge in [0.1, 0.15) is 11.6 Å². The van der Waals surface area contributed by atoms with E-state index >= 15 is 0 Å². The highest BCUT2D eigenvalue weighted by molar-refractivity contribution is 9.10. The Morgan fingerprint density at radius 3 is 2.83 bits per heavy atom. The summed E-state index contributed by atoms with van der Waals surface area (Å²) in [5.41, 5.74) is 2.92. The molecule has 4 nitrogen and oxygen atoms in total. The maximum absolute atomic E-state index is 13.6. The second-order valence-corrected chi connectivity index (χ2v) is 6.95. The van der Waals surface area contributed by atoms with Gasteiger partial charge in [-0.05, 0) is 46.5 Å². The Hall–Kier alpha value is -1.82. The van der Waals surface area contributed by atoms with E-state index in [-0.39, 0.29) is 23.4 Å². The molecule has 1 amide bonds. The first-order chi connectivity index (χ1) is 11.1. The third-order valence-electron chi connectivity index (χ3n) is 4.76. The van der Waals surface area contributed by atoms with Gasteiger partial charge >= 0.3 is 0 Å². The zero-order valence-electron chi connectivity index (χ0n) is 12.2. The van der Waals surface area contributed by atoms with Gasteiger partial charge in [-0.25, -0.2) is 4.39 Å². The summed E-state index contributed by atoms with van der Waals surface area (Å²) in [4.78, 5) is 29.4. The summed E-state index contributed by atoms with van der Waals surface area (Å²) in [6.45, 7) is 0.400. The molecule has 1 unspecified atom stereocenters. The normalized spacial score (nSPS) is 26.6. The number of nitrogens with one attached hydrogen (secondary N) is 1. The first-order valence-electron chi connectivity index (χ1n) is 7.62. The second kappa shape index (κ2) is 5.37. The molecule has 2 aliphatic heterocycles. The van der Waals surface area contributed by atoms with Gasteiger partial charge in [-0.2, -0.15) is 0 Å². The highest BCUT2D eigenvalue weighted by Crippen LogP contribution is 2.44. The molecule has 1 saturated carbocycles. The number of rotatable bonds is 1. The van der Waals surface area contributed by atoms with Crippen LogP contribution in [0.2, 0.25) is 0 Å². The van der Waals surface area contributed by atoms with Crippen LogP contribution in [0.25, 0.3) is 0 Å². The second-order valence-electron chi connectivity index (χ2n) is 6.09. The minimum Gasteiger partial charge on any atom is -0.347 e. The van der Waals surface area contributed by atoms with Crippen molar-refractivity contribution < 1.29 is 14.0 Å². The van der Waals surface area contributed by atoms with Gasteiger partial charge in [-0.15, -0.1) is 0 Å². The van der Waals surface area contributed by atoms with Gasteiger partial charge in [0.05, 0.1) is 22.6 Å². The molecule has 2 heterocycles. The van der Waals surface area contributed by atoms with Gasteiger partial charge in [0.25, 0.3) is 0 Å². The Morgan fingerprint density at radius 2 is 2.04 bits per heavy atom. The van der Waals surface area contributed by atoms with Crippen LogP contribution in [0.4, 0.5) is 4.39 Å². The number of fused-ring (bicyclic) bond motifs is 1. The van der Waals surface area contributed by atoms with Crippen LogP contribution in [0, 0.1) is 11.7 Å². The SMILES string of the molecule is O=C1NCC2=C1[C@@H](c1ccc(F)c(Br)c1)C1C(=O)CCCC1=N2. The fraction of sp³-hybridized carbons (Fsp3) is 0.353. The maximum Gasteiger partial charge on any atom is 0.250 e. The molecule has 1 aromatic rings. The third-order valence-corrected chi connectivity index (χ3v) is 5.37. The number of halogens is 2. The molecule has 1 aromatic carbocycles. The Morgan fingerprint density at radius 1 is 1.22 bits per heavy atom. The van der Waals surface area contributed by atoms with Crippen molar-refractivity contribution in [3.8, 4) is 0 Å². The predicted molar refractivity (Wildman–Crippen MR) is 86.7 cm³/mol. The summed E-state index contributed by atoms with van der Waals surface area (Å²) in [7, 11) is 0. The molecule has 0 spiro atoms.